The van der Waals surface area contributed by atoms with Crippen LogP contribution in [0.1, 0.15) is 19.4 Å². The maximum Gasteiger partial charge on any atom is 0.146 e. The van der Waals surface area contributed by atoms with Crippen LogP contribution in [0.2, 0.25) is 0 Å². The van der Waals surface area contributed by atoms with Gasteiger partial charge >= 0.3 is 0 Å². The molecule has 17 heavy (non-hydrogen) atoms. The van der Waals surface area contributed by atoms with Crippen molar-refractivity contribution in [3.05, 3.63) is 23.9 Å². The van der Waals surface area contributed by atoms with Crippen molar-refractivity contribution < 1.29 is 0 Å². The molecule has 1 aliphatic rings. The fourth-order valence-electron chi connectivity index (χ4n) is 2.31. The number of anilines is 1. The molecular weight excluding hydrogens is 212 g/mol. The minimum atomic E-state index is 0.479. The normalized spacial score (nSPS) is 25.6. The van der Waals surface area contributed by atoms with Gasteiger partial charge in [-0.1, -0.05) is 0 Å². The molecule has 90 valence electrons. The van der Waals surface area contributed by atoms with Crippen molar-refractivity contribution in [1.29, 1.82) is 5.26 Å². The first kappa shape index (κ1) is 11.9. The second-order valence-electron chi connectivity index (χ2n) is 4.75. The molecule has 2 heterocycles. The van der Waals surface area contributed by atoms with Gasteiger partial charge in [-0.2, -0.15) is 5.26 Å². The van der Waals surface area contributed by atoms with Crippen molar-refractivity contribution in [2.75, 3.05) is 25.0 Å². The Bertz CT molecular complexity index is 425. The van der Waals surface area contributed by atoms with E-state index in [1.165, 1.54) is 0 Å². The maximum atomic E-state index is 9.11. The van der Waals surface area contributed by atoms with Crippen LogP contribution in [0.5, 0.6) is 0 Å². The summed E-state index contributed by atoms with van der Waals surface area (Å²) < 4.78 is 0. The monoisotopic (exact) mass is 230 g/mol. The molecule has 0 radical (unpaired) electrons. The minimum Gasteiger partial charge on any atom is -0.352 e. The smallest absolute Gasteiger partial charge is 0.146 e. The van der Waals surface area contributed by atoms with Crippen LogP contribution in [-0.4, -0.2) is 42.1 Å². The Kier molecular flexibility index (Phi) is 3.30. The van der Waals surface area contributed by atoms with Gasteiger partial charge in [0.05, 0.1) is 5.56 Å². The Morgan fingerprint density at radius 3 is 2.59 bits per heavy atom. The summed E-state index contributed by atoms with van der Waals surface area (Å²) in [6.07, 6.45) is 1.75. The van der Waals surface area contributed by atoms with Crippen molar-refractivity contribution in [1.82, 2.24) is 9.88 Å². The van der Waals surface area contributed by atoms with Gasteiger partial charge in [0.15, 0.2) is 0 Å². The summed E-state index contributed by atoms with van der Waals surface area (Å²) in [6.45, 7) is 6.26. The summed E-state index contributed by atoms with van der Waals surface area (Å²) >= 11 is 0. The Hall–Kier alpha value is -1.60. The Balaban J connectivity index is 2.26. The summed E-state index contributed by atoms with van der Waals surface area (Å²) in [5.74, 6) is 0.821. The van der Waals surface area contributed by atoms with Gasteiger partial charge in [0.2, 0.25) is 0 Å². The molecular formula is C13H18N4. The van der Waals surface area contributed by atoms with E-state index in [9.17, 15) is 0 Å². The maximum absolute atomic E-state index is 9.11. The predicted molar refractivity (Wildman–Crippen MR) is 67.9 cm³/mol. The van der Waals surface area contributed by atoms with Crippen LogP contribution in [-0.2, 0) is 0 Å². The summed E-state index contributed by atoms with van der Waals surface area (Å²) in [7, 11) is 2.15. The molecule has 0 bridgehead atoms. The van der Waals surface area contributed by atoms with Crippen molar-refractivity contribution in [2.45, 2.75) is 25.9 Å². The third-order valence-corrected chi connectivity index (χ3v) is 3.57. The number of piperazine rings is 1. The highest BCUT2D eigenvalue weighted by atomic mass is 15.3. The summed E-state index contributed by atoms with van der Waals surface area (Å²) in [4.78, 5) is 8.93. The zero-order valence-corrected chi connectivity index (χ0v) is 10.6. The third-order valence-electron chi connectivity index (χ3n) is 3.57. The van der Waals surface area contributed by atoms with E-state index in [2.05, 4.69) is 41.7 Å². The Labute approximate surface area is 102 Å². The molecule has 0 aliphatic carbocycles. The second-order valence-corrected chi connectivity index (χ2v) is 4.75. The predicted octanol–water partition coefficient (Wildman–Crippen LogP) is 1.48. The van der Waals surface area contributed by atoms with Gasteiger partial charge < -0.3 is 4.90 Å². The number of hydrogen-bond acceptors (Lipinski definition) is 4. The first-order chi connectivity index (χ1) is 8.13. The van der Waals surface area contributed by atoms with Gasteiger partial charge in [0.25, 0.3) is 0 Å². The molecule has 1 saturated heterocycles. The first-order valence-corrected chi connectivity index (χ1v) is 5.95. The van der Waals surface area contributed by atoms with Crippen molar-refractivity contribution in [2.24, 2.45) is 0 Å². The number of aromatic nitrogens is 1. The average molecular weight is 230 g/mol. The van der Waals surface area contributed by atoms with E-state index in [-0.39, 0.29) is 0 Å². The van der Waals surface area contributed by atoms with Crippen LogP contribution in [0.25, 0.3) is 0 Å². The van der Waals surface area contributed by atoms with E-state index in [0.717, 1.165) is 18.9 Å². The van der Waals surface area contributed by atoms with Crippen LogP contribution in [0, 0.1) is 11.3 Å². The molecule has 1 aliphatic heterocycles. The van der Waals surface area contributed by atoms with Gasteiger partial charge in [-0.15, -0.1) is 0 Å². The van der Waals surface area contributed by atoms with Crippen LogP contribution >= 0.6 is 0 Å². The lowest BCUT2D eigenvalue weighted by atomic mass is 10.1. The first-order valence-electron chi connectivity index (χ1n) is 5.95. The lowest BCUT2D eigenvalue weighted by molar-refractivity contribution is 0.169. The van der Waals surface area contributed by atoms with Gasteiger partial charge in [0.1, 0.15) is 11.9 Å². The third kappa shape index (κ3) is 2.25. The zero-order valence-electron chi connectivity index (χ0n) is 10.6. The Morgan fingerprint density at radius 1 is 1.35 bits per heavy atom. The molecule has 1 aromatic heterocycles. The summed E-state index contributed by atoms with van der Waals surface area (Å²) in [6, 6.07) is 6.81. The van der Waals surface area contributed by atoms with E-state index >= 15 is 0 Å². The summed E-state index contributed by atoms with van der Waals surface area (Å²) in [5, 5.41) is 9.11. The minimum absolute atomic E-state index is 0.479. The fourth-order valence-corrected chi connectivity index (χ4v) is 2.31. The Morgan fingerprint density at radius 2 is 2.00 bits per heavy atom. The molecule has 0 aromatic carbocycles. The van der Waals surface area contributed by atoms with E-state index in [1.807, 2.05) is 12.1 Å². The van der Waals surface area contributed by atoms with Crippen LogP contribution in [0.4, 0.5) is 5.82 Å². The van der Waals surface area contributed by atoms with Gasteiger partial charge in [-0.05, 0) is 33.0 Å². The SMILES string of the molecule is CC1CN(c2ncccc2C#N)CC(C)N1C. The fraction of sp³-hybridized carbons (Fsp3) is 0.538. The summed E-state index contributed by atoms with van der Waals surface area (Å²) in [5.41, 5.74) is 0.663. The van der Waals surface area contributed by atoms with Gasteiger partial charge in [-0.3, -0.25) is 4.90 Å². The van der Waals surface area contributed by atoms with Crippen molar-refractivity contribution >= 4 is 5.82 Å². The molecule has 1 fully saturated rings. The topological polar surface area (TPSA) is 43.2 Å². The van der Waals surface area contributed by atoms with Crippen LogP contribution in [0.15, 0.2) is 18.3 Å². The molecule has 4 nitrogen and oxygen atoms in total. The number of hydrogen-bond donors (Lipinski definition) is 0. The van der Waals surface area contributed by atoms with E-state index < -0.39 is 0 Å². The van der Waals surface area contributed by atoms with E-state index in [4.69, 9.17) is 5.26 Å². The zero-order chi connectivity index (χ0) is 12.4. The number of nitrogens with zero attached hydrogens (tertiary/aromatic N) is 4. The largest absolute Gasteiger partial charge is 0.352 e. The molecule has 0 saturated carbocycles. The van der Waals surface area contributed by atoms with Gasteiger partial charge in [-0.25, -0.2) is 4.98 Å². The highest BCUT2D eigenvalue weighted by Crippen LogP contribution is 2.22. The molecule has 0 amide bonds. The lowest BCUT2D eigenvalue weighted by Gasteiger charge is -2.43. The molecule has 4 heteroatoms. The van der Waals surface area contributed by atoms with E-state index in [1.54, 1.807) is 6.20 Å². The van der Waals surface area contributed by atoms with Crippen molar-refractivity contribution in [3.8, 4) is 6.07 Å². The standard InChI is InChI=1S/C13H18N4/c1-10-8-17(9-11(2)16(10)3)13-12(7-14)5-4-6-15-13/h4-6,10-11H,8-9H2,1-3H3. The number of rotatable bonds is 1. The number of pyridine rings is 1. The van der Waals surface area contributed by atoms with E-state index in [0.29, 0.717) is 17.6 Å². The highest BCUT2D eigenvalue weighted by molar-refractivity contribution is 5.54. The number of likely N-dealkylation sites (N-methyl/N-ethyl adjacent to an activating group) is 1. The highest BCUT2D eigenvalue weighted by Gasteiger charge is 2.28. The molecule has 0 N–H and O–H groups in total. The van der Waals surface area contributed by atoms with Gasteiger partial charge in [0, 0.05) is 31.4 Å². The van der Waals surface area contributed by atoms with Crippen LogP contribution < -0.4 is 4.90 Å². The quantitative estimate of drug-likeness (QED) is 0.733. The molecule has 1 aromatic rings. The molecule has 0 spiro atoms. The molecule has 2 rings (SSSR count). The number of nitriles is 1. The molecule has 2 unspecified atom stereocenters. The molecule has 2 atom stereocenters. The van der Waals surface area contributed by atoms with Crippen molar-refractivity contribution in [3.63, 3.8) is 0 Å². The average Bonchev–Trinajstić information content (AvgIpc) is 2.35. The second kappa shape index (κ2) is 4.72. The van der Waals surface area contributed by atoms with Crippen LogP contribution in [0.3, 0.4) is 0 Å². The lowest BCUT2D eigenvalue weighted by Crippen LogP contribution is -2.55.